The zero-order chi connectivity index (χ0) is 10.4. The SMILES string of the molecule is C#CCCOc1ncnc(N)c1CC. The second kappa shape index (κ2) is 5.07. The highest BCUT2D eigenvalue weighted by Gasteiger charge is 2.07. The van der Waals surface area contributed by atoms with E-state index in [1.165, 1.54) is 6.33 Å². The summed E-state index contributed by atoms with van der Waals surface area (Å²) in [5, 5.41) is 0. The Bertz CT molecular complexity index is 344. The number of nitrogens with two attached hydrogens (primary N) is 1. The molecule has 0 saturated carbocycles. The lowest BCUT2D eigenvalue weighted by atomic mass is 10.2. The molecule has 4 heteroatoms. The van der Waals surface area contributed by atoms with Gasteiger partial charge in [0.15, 0.2) is 0 Å². The Morgan fingerprint density at radius 2 is 2.36 bits per heavy atom. The molecule has 2 N–H and O–H groups in total. The van der Waals surface area contributed by atoms with Crippen molar-refractivity contribution in [1.29, 1.82) is 0 Å². The average molecular weight is 191 g/mol. The second-order valence-corrected chi connectivity index (χ2v) is 2.70. The van der Waals surface area contributed by atoms with E-state index in [1.54, 1.807) is 0 Å². The predicted octanol–water partition coefficient (Wildman–Crippen LogP) is 1.02. The first-order chi connectivity index (χ1) is 6.79. The molecule has 1 rings (SSSR count). The summed E-state index contributed by atoms with van der Waals surface area (Å²) in [5.41, 5.74) is 6.50. The van der Waals surface area contributed by atoms with Crippen molar-refractivity contribution in [2.24, 2.45) is 0 Å². The highest BCUT2D eigenvalue weighted by molar-refractivity contribution is 5.44. The third kappa shape index (κ3) is 2.36. The van der Waals surface area contributed by atoms with Crippen molar-refractivity contribution in [1.82, 2.24) is 9.97 Å². The Labute approximate surface area is 83.5 Å². The topological polar surface area (TPSA) is 61.0 Å². The van der Waals surface area contributed by atoms with E-state index in [0.717, 1.165) is 12.0 Å². The minimum atomic E-state index is 0.458. The van der Waals surface area contributed by atoms with Crippen LogP contribution in [0.1, 0.15) is 18.9 Å². The maximum absolute atomic E-state index is 5.66. The van der Waals surface area contributed by atoms with Crippen molar-refractivity contribution in [3.63, 3.8) is 0 Å². The first-order valence-electron chi connectivity index (χ1n) is 4.45. The molecule has 14 heavy (non-hydrogen) atoms. The Hall–Kier alpha value is -1.76. The Morgan fingerprint density at radius 3 is 3.00 bits per heavy atom. The molecule has 74 valence electrons. The predicted molar refractivity (Wildman–Crippen MR) is 54.8 cm³/mol. The third-order valence-electron chi connectivity index (χ3n) is 1.78. The van der Waals surface area contributed by atoms with Gasteiger partial charge in [-0.25, -0.2) is 9.97 Å². The van der Waals surface area contributed by atoms with Crippen LogP contribution >= 0.6 is 0 Å². The van der Waals surface area contributed by atoms with Crippen molar-refractivity contribution >= 4 is 5.82 Å². The molecule has 0 radical (unpaired) electrons. The van der Waals surface area contributed by atoms with Crippen LogP contribution in [0.5, 0.6) is 5.88 Å². The van der Waals surface area contributed by atoms with Crippen LogP contribution in [0.2, 0.25) is 0 Å². The van der Waals surface area contributed by atoms with Crippen molar-refractivity contribution in [3.05, 3.63) is 11.9 Å². The fourth-order valence-electron chi connectivity index (χ4n) is 1.07. The van der Waals surface area contributed by atoms with Crippen LogP contribution in [0, 0.1) is 12.3 Å². The van der Waals surface area contributed by atoms with Gasteiger partial charge in [0.25, 0.3) is 0 Å². The maximum atomic E-state index is 5.66. The Morgan fingerprint density at radius 1 is 1.57 bits per heavy atom. The molecule has 4 nitrogen and oxygen atoms in total. The van der Waals surface area contributed by atoms with Gasteiger partial charge in [-0.2, -0.15) is 0 Å². The summed E-state index contributed by atoms with van der Waals surface area (Å²) < 4.78 is 5.38. The molecule has 0 saturated heterocycles. The maximum Gasteiger partial charge on any atom is 0.221 e. The molecule has 1 aromatic rings. The molecule has 0 aliphatic carbocycles. The fourth-order valence-corrected chi connectivity index (χ4v) is 1.07. The smallest absolute Gasteiger partial charge is 0.221 e. The summed E-state index contributed by atoms with van der Waals surface area (Å²) >= 11 is 0. The number of hydrogen-bond acceptors (Lipinski definition) is 4. The second-order valence-electron chi connectivity index (χ2n) is 2.70. The van der Waals surface area contributed by atoms with Gasteiger partial charge < -0.3 is 10.5 Å². The van der Waals surface area contributed by atoms with Crippen LogP contribution in [-0.4, -0.2) is 16.6 Å². The summed E-state index contributed by atoms with van der Waals surface area (Å²) in [6.07, 6.45) is 7.80. The molecule has 0 unspecified atom stereocenters. The van der Waals surface area contributed by atoms with Crippen molar-refractivity contribution in [3.8, 4) is 18.2 Å². The Balaban J connectivity index is 2.76. The fraction of sp³-hybridized carbons (Fsp3) is 0.400. The van der Waals surface area contributed by atoms with Crippen molar-refractivity contribution in [2.75, 3.05) is 12.3 Å². The van der Waals surface area contributed by atoms with Crippen LogP contribution in [-0.2, 0) is 6.42 Å². The molecule has 0 bridgehead atoms. The number of aromatic nitrogens is 2. The van der Waals surface area contributed by atoms with Crippen LogP contribution < -0.4 is 10.5 Å². The number of ether oxygens (including phenoxy) is 1. The molecule has 0 aliphatic heterocycles. The van der Waals surface area contributed by atoms with Crippen LogP contribution in [0.15, 0.2) is 6.33 Å². The zero-order valence-corrected chi connectivity index (χ0v) is 8.16. The molecule has 1 heterocycles. The van der Waals surface area contributed by atoms with Crippen LogP contribution in [0.4, 0.5) is 5.82 Å². The van der Waals surface area contributed by atoms with Gasteiger partial charge in [-0.15, -0.1) is 12.3 Å². The van der Waals surface area contributed by atoms with Gasteiger partial charge in [-0.05, 0) is 6.42 Å². The number of terminal acetylenes is 1. The minimum absolute atomic E-state index is 0.458. The molecular weight excluding hydrogens is 178 g/mol. The number of anilines is 1. The number of rotatable bonds is 4. The molecule has 0 aliphatic rings. The van der Waals surface area contributed by atoms with E-state index in [9.17, 15) is 0 Å². The molecule has 0 atom stereocenters. The van der Waals surface area contributed by atoms with Gasteiger partial charge in [0.2, 0.25) is 5.88 Å². The lowest BCUT2D eigenvalue weighted by Gasteiger charge is -2.08. The standard InChI is InChI=1S/C10H13N3O/c1-3-5-6-14-10-8(4-2)9(11)12-7-13-10/h1,7H,4-6H2,2H3,(H2,11,12,13). The zero-order valence-electron chi connectivity index (χ0n) is 8.16. The first-order valence-corrected chi connectivity index (χ1v) is 4.45. The normalized spacial score (nSPS) is 9.43. The summed E-state index contributed by atoms with van der Waals surface area (Å²) in [5.74, 6) is 3.50. The van der Waals surface area contributed by atoms with Crippen LogP contribution in [0.3, 0.4) is 0 Å². The molecule has 1 aromatic heterocycles. The highest BCUT2D eigenvalue weighted by Crippen LogP contribution is 2.19. The van der Waals surface area contributed by atoms with Gasteiger partial charge >= 0.3 is 0 Å². The van der Waals surface area contributed by atoms with Gasteiger partial charge in [0.05, 0.1) is 5.56 Å². The molecule has 0 amide bonds. The molecule has 0 fully saturated rings. The average Bonchev–Trinajstić information content (AvgIpc) is 2.18. The number of nitrogen functional groups attached to an aromatic ring is 1. The number of nitrogens with zero attached hydrogens (tertiary/aromatic N) is 2. The van der Waals surface area contributed by atoms with Gasteiger partial charge in [-0.1, -0.05) is 6.92 Å². The number of hydrogen-bond donors (Lipinski definition) is 1. The van der Waals surface area contributed by atoms with Gasteiger partial charge in [0.1, 0.15) is 18.8 Å². The van der Waals surface area contributed by atoms with Gasteiger partial charge in [-0.3, -0.25) is 0 Å². The largest absolute Gasteiger partial charge is 0.476 e. The van der Waals surface area contributed by atoms with E-state index in [0.29, 0.717) is 24.7 Å². The van der Waals surface area contributed by atoms with Crippen molar-refractivity contribution < 1.29 is 4.74 Å². The summed E-state index contributed by atoms with van der Waals surface area (Å²) in [7, 11) is 0. The molecular formula is C10H13N3O. The highest BCUT2D eigenvalue weighted by atomic mass is 16.5. The van der Waals surface area contributed by atoms with E-state index < -0.39 is 0 Å². The lowest BCUT2D eigenvalue weighted by molar-refractivity contribution is 0.310. The van der Waals surface area contributed by atoms with E-state index in [1.807, 2.05) is 6.92 Å². The van der Waals surface area contributed by atoms with Gasteiger partial charge in [0, 0.05) is 6.42 Å². The van der Waals surface area contributed by atoms with Crippen LogP contribution in [0.25, 0.3) is 0 Å². The van der Waals surface area contributed by atoms with E-state index >= 15 is 0 Å². The lowest BCUT2D eigenvalue weighted by Crippen LogP contribution is -2.05. The quantitative estimate of drug-likeness (QED) is 0.570. The Kier molecular flexibility index (Phi) is 3.74. The third-order valence-corrected chi connectivity index (χ3v) is 1.78. The molecule has 0 aromatic carbocycles. The van der Waals surface area contributed by atoms with E-state index in [2.05, 4.69) is 15.9 Å². The first kappa shape index (κ1) is 10.3. The minimum Gasteiger partial charge on any atom is -0.476 e. The van der Waals surface area contributed by atoms with E-state index in [-0.39, 0.29) is 0 Å². The molecule has 0 spiro atoms. The summed E-state index contributed by atoms with van der Waals surface area (Å²) in [4.78, 5) is 7.89. The van der Waals surface area contributed by atoms with Crippen molar-refractivity contribution in [2.45, 2.75) is 19.8 Å². The monoisotopic (exact) mass is 191 g/mol. The van der Waals surface area contributed by atoms with E-state index in [4.69, 9.17) is 16.9 Å². The summed E-state index contributed by atoms with van der Waals surface area (Å²) in [6, 6.07) is 0. The summed E-state index contributed by atoms with van der Waals surface area (Å²) in [6.45, 7) is 2.43.